The lowest BCUT2D eigenvalue weighted by Crippen LogP contribution is -2.39. The van der Waals surface area contributed by atoms with Crippen LogP contribution in [-0.2, 0) is 9.59 Å². The van der Waals surface area contributed by atoms with Crippen molar-refractivity contribution in [2.24, 2.45) is 16.9 Å². The molecular formula is C42H84N2O4. The second-order valence-electron chi connectivity index (χ2n) is 15.2. The third-order valence-corrected chi connectivity index (χ3v) is 10.8. The molecule has 0 radical (unpaired) electrons. The van der Waals surface area contributed by atoms with Crippen LogP contribution >= 0.6 is 0 Å². The van der Waals surface area contributed by atoms with Crippen molar-refractivity contribution >= 4 is 11.8 Å². The Kier molecular flexibility index (Phi) is 36.2. The van der Waals surface area contributed by atoms with Crippen molar-refractivity contribution in [2.45, 2.75) is 238 Å². The molecule has 0 unspecified atom stereocenters. The predicted octanol–water partition coefficient (Wildman–Crippen LogP) is 11.4. The van der Waals surface area contributed by atoms with Crippen molar-refractivity contribution < 1.29 is 19.8 Å². The van der Waals surface area contributed by atoms with Crippen LogP contribution in [0, 0.1) is 5.41 Å². The van der Waals surface area contributed by atoms with Crippen molar-refractivity contribution in [1.29, 1.82) is 0 Å². The number of aliphatic hydroxyl groups excluding tert-OH is 2. The summed E-state index contributed by atoms with van der Waals surface area (Å²) in [5.74, 6) is -0.535. The fourth-order valence-corrected chi connectivity index (χ4v) is 7.42. The molecule has 0 aliphatic rings. The minimum absolute atomic E-state index is 0.0577. The van der Waals surface area contributed by atoms with E-state index in [2.05, 4.69) is 0 Å². The van der Waals surface area contributed by atoms with Crippen molar-refractivity contribution in [3.05, 3.63) is 0 Å². The lowest BCUT2D eigenvalue weighted by Gasteiger charge is -2.29. The molecule has 0 heterocycles. The Morgan fingerprint density at radius 2 is 0.542 bits per heavy atom. The summed E-state index contributed by atoms with van der Waals surface area (Å²) in [6.45, 7) is -0.115. The minimum atomic E-state index is -0.733. The van der Waals surface area contributed by atoms with Gasteiger partial charge in [-0.15, -0.1) is 0 Å². The van der Waals surface area contributed by atoms with Crippen LogP contribution in [0.2, 0.25) is 0 Å². The molecule has 6 heteroatoms. The molecule has 0 saturated heterocycles. The first-order chi connectivity index (χ1) is 23.5. The van der Waals surface area contributed by atoms with Crippen LogP contribution < -0.4 is 11.5 Å². The summed E-state index contributed by atoms with van der Waals surface area (Å²) in [7, 11) is 0. The molecule has 0 fully saturated rings. The van der Waals surface area contributed by atoms with Gasteiger partial charge >= 0.3 is 0 Å². The van der Waals surface area contributed by atoms with Crippen molar-refractivity contribution in [3.63, 3.8) is 0 Å². The van der Waals surface area contributed by atoms with Gasteiger partial charge in [-0.1, -0.05) is 205 Å². The molecule has 6 N–H and O–H groups in total. The van der Waals surface area contributed by atoms with Gasteiger partial charge in [-0.25, -0.2) is 0 Å². The van der Waals surface area contributed by atoms with Gasteiger partial charge in [0.05, 0.1) is 5.41 Å². The molecule has 2 amide bonds. The Morgan fingerprint density at radius 3 is 0.729 bits per heavy atom. The third-order valence-electron chi connectivity index (χ3n) is 10.8. The average Bonchev–Trinajstić information content (AvgIpc) is 3.06. The lowest BCUT2D eigenvalue weighted by atomic mass is 9.76. The molecule has 0 atom stereocenters. The van der Waals surface area contributed by atoms with Crippen LogP contribution in [0.1, 0.15) is 238 Å². The summed E-state index contributed by atoms with van der Waals surface area (Å²) in [5, 5.41) is 18.6. The van der Waals surface area contributed by atoms with Gasteiger partial charge in [0, 0.05) is 19.6 Å². The molecule has 0 aliphatic heterocycles. The first kappa shape index (κ1) is 46.9. The fraction of sp³-hybridized carbons (Fsp3) is 0.952. The maximum atomic E-state index is 11.9. The largest absolute Gasteiger partial charge is 0.396 e. The normalized spacial score (nSPS) is 11.8. The van der Waals surface area contributed by atoms with E-state index < -0.39 is 5.41 Å². The zero-order chi connectivity index (χ0) is 35.2. The molecule has 0 bridgehead atoms. The zero-order valence-electron chi connectivity index (χ0n) is 31.9. The number of amides is 2. The van der Waals surface area contributed by atoms with E-state index >= 15 is 0 Å². The Hall–Kier alpha value is -1.14. The number of carbonyl (C=O) groups excluding carboxylic acids is 2. The first-order valence-electron chi connectivity index (χ1n) is 21.3. The molecule has 0 aliphatic carbocycles. The second-order valence-corrected chi connectivity index (χ2v) is 15.2. The van der Waals surface area contributed by atoms with E-state index in [1.807, 2.05) is 0 Å². The molecular weight excluding hydrogens is 596 g/mol. The number of carbonyl (C=O) groups is 2. The zero-order valence-corrected chi connectivity index (χ0v) is 31.9. The maximum absolute atomic E-state index is 11.9. The van der Waals surface area contributed by atoms with Crippen LogP contribution in [0.15, 0.2) is 0 Å². The predicted molar refractivity (Wildman–Crippen MR) is 206 cm³/mol. The third kappa shape index (κ3) is 32.1. The Balaban J connectivity index is 3.23. The number of primary amides is 2. The molecule has 0 saturated carbocycles. The van der Waals surface area contributed by atoms with Gasteiger partial charge in [0.2, 0.25) is 11.8 Å². The summed E-state index contributed by atoms with van der Waals surface area (Å²) < 4.78 is 0. The Bertz CT molecular complexity index is 681. The molecule has 48 heavy (non-hydrogen) atoms. The van der Waals surface area contributed by atoms with Crippen molar-refractivity contribution in [3.8, 4) is 0 Å². The summed E-state index contributed by atoms with van der Waals surface area (Å²) in [6.07, 6.45) is 46.4. The average molecular weight is 681 g/mol. The molecule has 286 valence electrons. The number of hydrogen-bond acceptors (Lipinski definition) is 4. The van der Waals surface area contributed by atoms with Gasteiger partial charge in [0.25, 0.3) is 0 Å². The fourth-order valence-electron chi connectivity index (χ4n) is 7.42. The van der Waals surface area contributed by atoms with E-state index in [0.29, 0.717) is 25.7 Å². The van der Waals surface area contributed by atoms with E-state index in [9.17, 15) is 19.8 Å². The highest BCUT2D eigenvalue weighted by atomic mass is 16.3. The molecule has 0 spiro atoms. The van der Waals surface area contributed by atoms with Gasteiger partial charge in [0.15, 0.2) is 0 Å². The smallest absolute Gasteiger partial charge is 0.223 e. The van der Waals surface area contributed by atoms with Crippen LogP contribution in [0.4, 0.5) is 0 Å². The maximum Gasteiger partial charge on any atom is 0.223 e. The van der Waals surface area contributed by atoms with E-state index in [1.54, 1.807) is 0 Å². The highest BCUT2D eigenvalue weighted by molar-refractivity contribution is 5.80. The van der Waals surface area contributed by atoms with E-state index in [1.165, 1.54) is 186 Å². The summed E-state index contributed by atoms with van der Waals surface area (Å²) in [4.78, 5) is 22.6. The minimum Gasteiger partial charge on any atom is -0.396 e. The number of hydrogen-bond donors (Lipinski definition) is 4. The van der Waals surface area contributed by atoms with Crippen molar-refractivity contribution in [2.75, 3.05) is 13.2 Å². The topological polar surface area (TPSA) is 127 Å². The molecule has 0 aromatic carbocycles. The summed E-state index contributed by atoms with van der Waals surface area (Å²) in [5.41, 5.74) is 10.0. The molecule has 0 aromatic rings. The van der Waals surface area contributed by atoms with Crippen LogP contribution in [0.25, 0.3) is 0 Å². The SMILES string of the molecule is NC(=O)CCCCCCCCCCCCCCCCCCCCCCCCCCCCCCCCCCCC(CCO)(CCO)C(N)=O. The molecule has 0 rings (SSSR count). The van der Waals surface area contributed by atoms with E-state index in [-0.39, 0.29) is 25.0 Å². The van der Waals surface area contributed by atoms with E-state index in [0.717, 1.165) is 25.7 Å². The highest BCUT2D eigenvalue weighted by Crippen LogP contribution is 2.33. The summed E-state index contributed by atoms with van der Waals surface area (Å²) >= 11 is 0. The van der Waals surface area contributed by atoms with Gasteiger partial charge in [-0.3, -0.25) is 9.59 Å². The van der Waals surface area contributed by atoms with Crippen LogP contribution in [0.3, 0.4) is 0 Å². The van der Waals surface area contributed by atoms with Gasteiger partial charge in [-0.2, -0.15) is 0 Å². The van der Waals surface area contributed by atoms with E-state index in [4.69, 9.17) is 11.5 Å². The number of rotatable bonds is 41. The monoisotopic (exact) mass is 681 g/mol. The number of nitrogens with two attached hydrogens (primary N) is 2. The van der Waals surface area contributed by atoms with Crippen LogP contribution in [-0.4, -0.2) is 35.2 Å². The van der Waals surface area contributed by atoms with Gasteiger partial charge in [-0.05, 0) is 25.7 Å². The quantitative estimate of drug-likeness (QED) is 0.0479. The highest BCUT2D eigenvalue weighted by Gasteiger charge is 2.34. The number of unbranched alkanes of at least 4 members (excludes halogenated alkanes) is 32. The first-order valence-corrected chi connectivity index (χ1v) is 21.3. The standard InChI is InChI=1S/C42H84N2O4/c43-40(47)34-32-30-28-26-24-22-20-18-16-14-12-10-8-6-4-2-1-3-5-7-9-11-13-15-17-19-21-23-25-27-29-31-33-35-42(36-38-45,37-39-46)41(44)48/h45-46H,1-39H2,(H2,43,47)(H2,44,48). The Labute approximate surface area is 298 Å². The molecule has 6 nitrogen and oxygen atoms in total. The van der Waals surface area contributed by atoms with Gasteiger partial charge in [0.1, 0.15) is 0 Å². The van der Waals surface area contributed by atoms with Gasteiger partial charge < -0.3 is 21.7 Å². The van der Waals surface area contributed by atoms with Crippen molar-refractivity contribution in [1.82, 2.24) is 0 Å². The second kappa shape index (κ2) is 37.1. The number of aliphatic hydroxyl groups is 2. The lowest BCUT2D eigenvalue weighted by molar-refractivity contribution is -0.130. The summed E-state index contributed by atoms with van der Waals surface area (Å²) in [6, 6.07) is 0. The Morgan fingerprint density at radius 1 is 0.333 bits per heavy atom. The van der Waals surface area contributed by atoms with Crippen LogP contribution in [0.5, 0.6) is 0 Å². The molecule has 0 aromatic heterocycles.